The number of Topliss-reactive ketones (excluding diaryl/α,β-unsaturated/α-hetero) is 1. The van der Waals surface area contributed by atoms with Gasteiger partial charge < -0.3 is 16.8 Å². The highest BCUT2D eigenvalue weighted by Crippen LogP contribution is 2.36. The van der Waals surface area contributed by atoms with Crippen molar-refractivity contribution in [3.63, 3.8) is 0 Å². The van der Waals surface area contributed by atoms with Crippen LogP contribution in [-0.4, -0.2) is 38.7 Å². The molecule has 1 amide bonds. The van der Waals surface area contributed by atoms with Crippen molar-refractivity contribution in [2.45, 2.75) is 13.3 Å². The summed E-state index contributed by atoms with van der Waals surface area (Å²) in [6.07, 6.45) is 1.37. The molecule has 0 atom stereocenters. The number of primary amides is 1. The first kappa shape index (κ1) is 16.4. The van der Waals surface area contributed by atoms with Crippen LogP contribution in [0, 0.1) is 0 Å². The van der Waals surface area contributed by atoms with E-state index in [4.69, 9.17) is 11.5 Å². The minimum atomic E-state index is -3.12. The lowest BCUT2D eigenvalue weighted by Gasteiger charge is -2.04. The molecular formula is C11H17N3O4S2. The summed E-state index contributed by atoms with van der Waals surface area (Å²) in [4.78, 5) is 23.4. The van der Waals surface area contributed by atoms with E-state index in [1.165, 1.54) is 0 Å². The van der Waals surface area contributed by atoms with Gasteiger partial charge in [-0.1, -0.05) is 6.92 Å². The monoisotopic (exact) mass is 319 g/mol. The van der Waals surface area contributed by atoms with Crippen LogP contribution in [-0.2, 0) is 9.84 Å². The van der Waals surface area contributed by atoms with E-state index in [1.54, 1.807) is 6.92 Å². The Hall–Kier alpha value is -1.61. The van der Waals surface area contributed by atoms with Crippen LogP contribution in [0.1, 0.15) is 33.4 Å². The number of nitrogen functional groups attached to an aromatic ring is 1. The molecule has 1 heterocycles. The molecule has 1 aromatic heterocycles. The number of carbonyl (C=O) groups is 2. The molecule has 0 unspecified atom stereocenters. The third-order valence-electron chi connectivity index (χ3n) is 2.52. The number of hydrogen-bond acceptors (Lipinski definition) is 7. The zero-order valence-corrected chi connectivity index (χ0v) is 12.9. The fourth-order valence-electron chi connectivity index (χ4n) is 1.53. The van der Waals surface area contributed by atoms with Crippen LogP contribution >= 0.6 is 11.3 Å². The molecule has 0 aliphatic rings. The fraction of sp³-hybridized carbons (Fsp3) is 0.455. The molecular weight excluding hydrogens is 302 g/mol. The Morgan fingerprint density at radius 3 is 2.40 bits per heavy atom. The molecule has 1 rings (SSSR count). The van der Waals surface area contributed by atoms with E-state index < -0.39 is 15.7 Å². The van der Waals surface area contributed by atoms with Gasteiger partial charge in [0.1, 0.15) is 14.8 Å². The molecule has 0 aromatic carbocycles. The van der Waals surface area contributed by atoms with Gasteiger partial charge in [-0.3, -0.25) is 9.59 Å². The molecule has 0 saturated carbocycles. The highest BCUT2D eigenvalue weighted by atomic mass is 32.2. The topological polar surface area (TPSA) is 132 Å². The Bertz CT molecular complexity index is 634. The third-order valence-corrected chi connectivity index (χ3v) is 4.67. The lowest BCUT2D eigenvalue weighted by Crippen LogP contribution is -2.18. The van der Waals surface area contributed by atoms with Gasteiger partial charge in [0, 0.05) is 19.2 Å². The van der Waals surface area contributed by atoms with Crippen LogP contribution < -0.4 is 16.8 Å². The van der Waals surface area contributed by atoms with Crippen LogP contribution in [0.5, 0.6) is 0 Å². The molecule has 7 nitrogen and oxygen atoms in total. The number of ketones is 1. The average molecular weight is 319 g/mol. The summed E-state index contributed by atoms with van der Waals surface area (Å²) in [7, 11) is -3.12. The van der Waals surface area contributed by atoms with Gasteiger partial charge in [0.2, 0.25) is 0 Å². The summed E-state index contributed by atoms with van der Waals surface area (Å²) >= 11 is 1.02. The highest BCUT2D eigenvalue weighted by molar-refractivity contribution is 7.90. The van der Waals surface area contributed by atoms with E-state index in [0.29, 0.717) is 5.00 Å². The number of nitrogens with one attached hydrogen (secondary N) is 1. The van der Waals surface area contributed by atoms with Crippen LogP contribution in [0.25, 0.3) is 0 Å². The Morgan fingerprint density at radius 1 is 1.35 bits per heavy atom. The van der Waals surface area contributed by atoms with Gasteiger partial charge in [-0.15, -0.1) is 11.3 Å². The lowest BCUT2D eigenvalue weighted by atomic mass is 10.1. The number of thiophene rings is 1. The molecule has 20 heavy (non-hydrogen) atoms. The minimum Gasteiger partial charge on any atom is -0.397 e. The zero-order chi connectivity index (χ0) is 15.5. The van der Waals surface area contributed by atoms with Crippen molar-refractivity contribution < 1.29 is 18.0 Å². The SMILES string of the molecule is CCC(=O)c1sc(NCCS(C)(=O)=O)c(C(N)=O)c1N. The van der Waals surface area contributed by atoms with Crippen LogP contribution in [0.2, 0.25) is 0 Å². The smallest absolute Gasteiger partial charge is 0.253 e. The second-order valence-corrected chi connectivity index (χ2v) is 7.53. The van der Waals surface area contributed by atoms with E-state index in [2.05, 4.69) is 5.32 Å². The standard InChI is InChI=1S/C11H17N3O4S2/c1-3-6(15)9-8(12)7(10(13)16)11(19-9)14-4-5-20(2,17)18/h14H,3-5,12H2,1-2H3,(H2,13,16). The van der Waals surface area contributed by atoms with Crippen molar-refractivity contribution in [1.29, 1.82) is 0 Å². The summed E-state index contributed by atoms with van der Waals surface area (Å²) in [5.41, 5.74) is 11.1. The Morgan fingerprint density at radius 2 is 1.95 bits per heavy atom. The van der Waals surface area contributed by atoms with E-state index in [0.717, 1.165) is 17.6 Å². The van der Waals surface area contributed by atoms with Gasteiger partial charge in [0.15, 0.2) is 5.78 Å². The molecule has 1 aromatic rings. The maximum atomic E-state index is 11.7. The number of hydrogen-bond donors (Lipinski definition) is 3. The zero-order valence-electron chi connectivity index (χ0n) is 11.2. The van der Waals surface area contributed by atoms with Gasteiger partial charge >= 0.3 is 0 Å². The van der Waals surface area contributed by atoms with E-state index in [-0.39, 0.29) is 40.6 Å². The number of anilines is 2. The predicted molar refractivity (Wildman–Crippen MR) is 80.1 cm³/mol. The van der Waals surface area contributed by atoms with Gasteiger partial charge in [0.25, 0.3) is 5.91 Å². The van der Waals surface area contributed by atoms with E-state index >= 15 is 0 Å². The van der Waals surface area contributed by atoms with Crippen LogP contribution in [0.4, 0.5) is 10.7 Å². The van der Waals surface area contributed by atoms with Gasteiger partial charge in [0.05, 0.1) is 21.9 Å². The second-order valence-electron chi connectivity index (χ2n) is 4.25. The Labute approximate surface area is 121 Å². The van der Waals surface area contributed by atoms with Crippen molar-refractivity contribution in [2.24, 2.45) is 5.73 Å². The molecule has 0 radical (unpaired) electrons. The molecule has 112 valence electrons. The molecule has 0 aliphatic carbocycles. The average Bonchev–Trinajstić information content (AvgIpc) is 2.63. The Balaban J connectivity index is 3.06. The maximum Gasteiger partial charge on any atom is 0.253 e. The van der Waals surface area contributed by atoms with Crippen molar-refractivity contribution in [3.05, 3.63) is 10.4 Å². The summed E-state index contributed by atoms with van der Waals surface area (Å²) in [6, 6.07) is 0. The first-order valence-corrected chi connectivity index (χ1v) is 8.72. The quantitative estimate of drug-likeness (QED) is 0.626. The van der Waals surface area contributed by atoms with Gasteiger partial charge in [-0.05, 0) is 0 Å². The number of amides is 1. The van der Waals surface area contributed by atoms with E-state index in [9.17, 15) is 18.0 Å². The summed E-state index contributed by atoms with van der Waals surface area (Å²) in [5, 5.41) is 3.13. The molecule has 0 saturated heterocycles. The van der Waals surface area contributed by atoms with Crippen molar-refractivity contribution in [1.82, 2.24) is 0 Å². The van der Waals surface area contributed by atoms with Gasteiger partial charge in [-0.25, -0.2) is 8.42 Å². The van der Waals surface area contributed by atoms with Crippen LogP contribution in [0.3, 0.4) is 0 Å². The van der Waals surface area contributed by atoms with E-state index in [1.807, 2.05) is 0 Å². The summed E-state index contributed by atoms with van der Waals surface area (Å²) < 4.78 is 22.1. The minimum absolute atomic E-state index is 0.0419. The van der Waals surface area contributed by atoms with Crippen molar-refractivity contribution >= 4 is 43.6 Å². The molecule has 0 aliphatic heterocycles. The van der Waals surface area contributed by atoms with Crippen LogP contribution in [0.15, 0.2) is 0 Å². The number of rotatable bonds is 7. The molecule has 9 heteroatoms. The van der Waals surface area contributed by atoms with Crippen molar-refractivity contribution in [3.8, 4) is 0 Å². The molecule has 0 fully saturated rings. The normalized spacial score (nSPS) is 11.3. The summed E-state index contributed by atoms with van der Waals surface area (Å²) in [6.45, 7) is 1.79. The van der Waals surface area contributed by atoms with Gasteiger partial charge in [-0.2, -0.15) is 0 Å². The largest absolute Gasteiger partial charge is 0.397 e. The molecule has 5 N–H and O–H groups in total. The first-order chi connectivity index (χ1) is 9.17. The third kappa shape index (κ3) is 3.94. The second kappa shape index (κ2) is 6.23. The number of sulfone groups is 1. The summed E-state index contributed by atoms with van der Waals surface area (Å²) in [5.74, 6) is -1.04. The highest BCUT2D eigenvalue weighted by Gasteiger charge is 2.23. The number of nitrogens with two attached hydrogens (primary N) is 2. The predicted octanol–water partition coefficient (Wildman–Crippen LogP) is 0.478. The molecule has 0 bridgehead atoms. The fourth-order valence-corrected chi connectivity index (χ4v) is 3.16. The first-order valence-electron chi connectivity index (χ1n) is 5.84. The maximum absolute atomic E-state index is 11.7. The lowest BCUT2D eigenvalue weighted by molar-refractivity contribution is 0.0991. The molecule has 0 spiro atoms. The Kier molecular flexibility index (Phi) is 5.12. The van der Waals surface area contributed by atoms with Crippen molar-refractivity contribution in [2.75, 3.05) is 29.6 Å². The number of carbonyl (C=O) groups excluding carboxylic acids is 2.